The Morgan fingerprint density at radius 2 is 1.79 bits per heavy atom. The molecule has 0 unspecified atom stereocenters. The first-order chi connectivity index (χ1) is 9.20. The first-order valence-electron chi connectivity index (χ1n) is 7.24. The highest BCUT2D eigenvalue weighted by Crippen LogP contribution is 2.53. The van der Waals surface area contributed by atoms with Crippen molar-refractivity contribution in [2.45, 2.75) is 38.1 Å². The molecular formula is C15H18BrNO2. The van der Waals surface area contributed by atoms with E-state index < -0.39 is 0 Å². The Hall–Kier alpha value is -0.770. The summed E-state index contributed by atoms with van der Waals surface area (Å²) in [6.45, 7) is 0. The lowest BCUT2D eigenvalue weighted by Crippen LogP contribution is -2.55. The second-order valence-corrected chi connectivity index (χ2v) is 7.26. The lowest BCUT2D eigenvalue weighted by Gasteiger charge is -2.54. The molecule has 19 heavy (non-hydrogen) atoms. The van der Waals surface area contributed by atoms with Gasteiger partial charge in [-0.2, -0.15) is 0 Å². The van der Waals surface area contributed by atoms with Crippen LogP contribution >= 0.6 is 15.9 Å². The molecule has 4 aliphatic carbocycles. The van der Waals surface area contributed by atoms with Crippen LogP contribution in [0.2, 0.25) is 0 Å². The maximum absolute atomic E-state index is 12.3. The lowest BCUT2D eigenvalue weighted by molar-refractivity contribution is -0.0119. The van der Waals surface area contributed by atoms with Crippen molar-refractivity contribution in [2.75, 3.05) is 0 Å². The van der Waals surface area contributed by atoms with E-state index in [-0.39, 0.29) is 5.91 Å². The van der Waals surface area contributed by atoms with Crippen LogP contribution in [-0.2, 0) is 0 Å². The Balaban J connectivity index is 1.51. The second-order valence-electron chi connectivity index (χ2n) is 6.54. The molecule has 0 spiro atoms. The number of furan rings is 1. The van der Waals surface area contributed by atoms with Gasteiger partial charge >= 0.3 is 0 Å². The maximum atomic E-state index is 12.3. The largest absolute Gasteiger partial charge is 0.457 e. The number of hydrogen-bond donors (Lipinski definition) is 1. The number of carbonyl (C=O) groups excluding carboxylic acids is 1. The summed E-state index contributed by atoms with van der Waals surface area (Å²) in [7, 11) is 0. The highest BCUT2D eigenvalue weighted by Gasteiger charge is 2.48. The molecule has 4 bridgehead atoms. The summed E-state index contributed by atoms with van der Waals surface area (Å²) < 4.78 is 5.68. The number of nitrogens with one attached hydrogen (secondary N) is 1. The van der Waals surface area contributed by atoms with E-state index in [1.165, 1.54) is 32.1 Å². The average Bonchev–Trinajstić information content (AvgIpc) is 2.79. The monoisotopic (exact) mass is 323 g/mol. The highest BCUT2D eigenvalue weighted by atomic mass is 79.9. The Labute approximate surface area is 121 Å². The zero-order chi connectivity index (χ0) is 13.0. The van der Waals surface area contributed by atoms with Crippen LogP contribution in [0.1, 0.15) is 42.5 Å². The summed E-state index contributed by atoms with van der Waals surface area (Å²) in [5.41, 5.74) is 0.619. The summed E-state index contributed by atoms with van der Waals surface area (Å²) >= 11 is 3.28. The van der Waals surface area contributed by atoms with Gasteiger partial charge in [-0.25, -0.2) is 0 Å². The van der Waals surface area contributed by atoms with Crippen LogP contribution in [0.5, 0.6) is 0 Å². The van der Waals surface area contributed by atoms with Gasteiger partial charge in [0.1, 0.15) is 0 Å². The van der Waals surface area contributed by atoms with Crippen LogP contribution < -0.4 is 5.32 Å². The van der Waals surface area contributed by atoms with E-state index in [1.807, 2.05) is 0 Å². The fourth-order valence-corrected chi connectivity index (χ4v) is 5.27. The van der Waals surface area contributed by atoms with Crippen LogP contribution in [0.15, 0.2) is 21.4 Å². The van der Waals surface area contributed by atoms with Crippen LogP contribution in [0.3, 0.4) is 0 Å². The molecule has 1 aromatic rings. The summed E-state index contributed by atoms with van der Waals surface area (Å²) in [5, 5.41) is 3.28. The van der Waals surface area contributed by atoms with E-state index in [1.54, 1.807) is 12.3 Å². The van der Waals surface area contributed by atoms with Gasteiger partial charge in [-0.1, -0.05) is 0 Å². The van der Waals surface area contributed by atoms with E-state index >= 15 is 0 Å². The molecule has 0 atom stereocenters. The minimum atomic E-state index is 0.0121. The predicted octanol–water partition coefficient (Wildman–Crippen LogP) is 3.60. The van der Waals surface area contributed by atoms with Crippen molar-refractivity contribution in [2.24, 2.45) is 23.7 Å². The molecule has 1 amide bonds. The van der Waals surface area contributed by atoms with E-state index in [0.717, 1.165) is 11.8 Å². The Kier molecular flexibility index (Phi) is 2.76. The van der Waals surface area contributed by atoms with Gasteiger partial charge in [-0.15, -0.1) is 0 Å². The topological polar surface area (TPSA) is 42.2 Å². The van der Waals surface area contributed by atoms with Crippen molar-refractivity contribution in [1.82, 2.24) is 5.32 Å². The Bertz CT molecular complexity index is 482. The minimum absolute atomic E-state index is 0.0121. The molecular weight excluding hydrogens is 306 g/mol. The van der Waals surface area contributed by atoms with Crippen molar-refractivity contribution in [3.8, 4) is 0 Å². The van der Waals surface area contributed by atoms with E-state index in [0.29, 0.717) is 28.1 Å². The minimum Gasteiger partial charge on any atom is -0.457 e. The summed E-state index contributed by atoms with van der Waals surface area (Å²) in [4.78, 5) is 12.3. The van der Waals surface area contributed by atoms with Gasteiger partial charge < -0.3 is 9.73 Å². The standard InChI is InChI=1S/C15H18BrNO2/c16-14-12(1-2-19-14)15(18)17-13-10-4-8-3-9(6-10)7-11(13)5-8/h1-2,8-11,13H,3-7H2,(H,17,18). The van der Waals surface area contributed by atoms with Gasteiger partial charge in [0.2, 0.25) is 0 Å². The fourth-order valence-electron chi connectivity index (χ4n) is 4.85. The Morgan fingerprint density at radius 3 is 2.32 bits per heavy atom. The van der Waals surface area contributed by atoms with E-state index in [4.69, 9.17) is 4.42 Å². The number of amides is 1. The van der Waals surface area contributed by atoms with Crippen molar-refractivity contribution in [1.29, 1.82) is 0 Å². The number of halogens is 1. The van der Waals surface area contributed by atoms with Gasteiger partial charge in [0.05, 0.1) is 11.8 Å². The molecule has 102 valence electrons. The lowest BCUT2D eigenvalue weighted by atomic mass is 9.54. The quantitative estimate of drug-likeness (QED) is 0.903. The summed E-state index contributed by atoms with van der Waals surface area (Å²) in [5.74, 6) is 3.32. The van der Waals surface area contributed by atoms with E-state index in [2.05, 4.69) is 21.2 Å². The van der Waals surface area contributed by atoms with Gasteiger partial charge in [-0.3, -0.25) is 4.79 Å². The van der Waals surface area contributed by atoms with Crippen LogP contribution in [0, 0.1) is 23.7 Å². The Morgan fingerprint density at radius 1 is 1.16 bits per heavy atom. The molecule has 4 aliphatic rings. The smallest absolute Gasteiger partial charge is 0.255 e. The molecule has 0 aromatic carbocycles. The molecule has 5 rings (SSSR count). The normalized spacial score (nSPS) is 39.5. The first-order valence-corrected chi connectivity index (χ1v) is 8.04. The van der Waals surface area contributed by atoms with Gasteiger partial charge in [-0.05, 0) is 77.8 Å². The zero-order valence-corrected chi connectivity index (χ0v) is 12.4. The molecule has 1 heterocycles. The number of hydrogen-bond acceptors (Lipinski definition) is 2. The molecule has 0 aliphatic heterocycles. The molecule has 4 saturated carbocycles. The average molecular weight is 324 g/mol. The number of carbonyl (C=O) groups is 1. The molecule has 4 fully saturated rings. The number of rotatable bonds is 2. The molecule has 0 radical (unpaired) electrons. The van der Waals surface area contributed by atoms with Crippen molar-refractivity contribution in [3.63, 3.8) is 0 Å². The van der Waals surface area contributed by atoms with Crippen molar-refractivity contribution in [3.05, 3.63) is 22.6 Å². The van der Waals surface area contributed by atoms with Crippen LogP contribution in [0.4, 0.5) is 0 Å². The molecule has 1 N–H and O–H groups in total. The SMILES string of the molecule is O=C(NC1C2CC3CC(C2)CC1C3)c1ccoc1Br. The molecule has 3 nitrogen and oxygen atoms in total. The molecule has 1 aromatic heterocycles. The first kappa shape index (κ1) is 12.0. The third-order valence-corrected chi connectivity index (χ3v) is 6.00. The van der Waals surface area contributed by atoms with E-state index in [9.17, 15) is 4.79 Å². The summed E-state index contributed by atoms with van der Waals surface area (Å²) in [6.07, 6.45) is 8.29. The van der Waals surface area contributed by atoms with Gasteiger partial charge in [0.25, 0.3) is 5.91 Å². The third-order valence-electron chi connectivity index (χ3n) is 5.39. The van der Waals surface area contributed by atoms with Gasteiger partial charge in [0, 0.05) is 6.04 Å². The molecule has 0 saturated heterocycles. The predicted molar refractivity (Wildman–Crippen MR) is 74.7 cm³/mol. The van der Waals surface area contributed by atoms with Crippen molar-refractivity contribution >= 4 is 21.8 Å². The zero-order valence-electron chi connectivity index (χ0n) is 10.8. The van der Waals surface area contributed by atoms with Crippen molar-refractivity contribution < 1.29 is 9.21 Å². The van der Waals surface area contributed by atoms with Crippen LogP contribution in [-0.4, -0.2) is 11.9 Å². The van der Waals surface area contributed by atoms with Crippen LogP contribution in [0.25, 0.3) is 0 Å². The van der Waals surface area contributed by atoms with Gasteiger partial charge in [0.15, 0.2) is 4.67 Å². The molecule has 4 heteroatoms. The summed E-state index contributed by atoms with van der Waals surface area (Å²) in [6, 6.07) is 2.12. The maximum Gasteiger partial charge on any atom is 0.255 e. The third kappa shape index (κ3) is 1.95. The highest BCUT2D eigenvalue weighted by molar-refractivity contribution is 9.10. The fraction of sp³-hybridized carbons (Fsp3) is 0.667. The second kappa shape index (κ2) is 4.37.